The maximum atomic E-state index is 10.3. The van der Waals surface area contributed by atoms with E-state index in [4.69, 9.17) is 0 Å². The van der Waals surface area contributed by atoms with Crippen LogP contribution in [-0.2, 0) is 6.42 Å². The lowest BCUT2D eigenvalue weighted by Gasteiger charge is -2.22. The van der Waals surface area contributed by atoms with Gasteiger partial charge in [-0.25, -0.2) is 0 Å². The molecule has 18 heavy (non-hydrogen) atoms. The maximum absolute atomic E-state index is 10.3. The topological polar surface area (TPSA) is 50.1 Å². The first kappa shape index (κ1) is 13.6. The van der Waals surface area contributed by atoms with Crippen molar-refractivity contribution in [3.63, 3.8) is 0 Å². The second-order valence-electron chi connectivity index (χ2n) is 5.87. The quantitative estimate of drug-likeness (QED) is 0.778. The third-order valence-corrected chi connectivity index (χ3v) is 3.62. The molecule has 1 aliphatic carbocycles. The summed E-state index contributed by atoms with van der Waals surface area (Å²) in [5.41, 5.74) is 0.259. The summed E-state index contributed by atoms with van der Waals surface area (Å²) in [6.45, 7) is 6.84. The Bertz CT molecular complexity index is 382. The van der Waals surface area contributed by atoms with Gasteiger partial charge >= 0.3 is 0 Å². The van der Waals surface area contributed by atoms with Crippen LogP contribution in [0.3, 0.4) is 0 Å². The van der Waals surface area contributed by atoms with E-state index in [-0.39, 0.29) is 0 Å². The van der Waals surface area contributed by atoms with Crippen molar-refractivity contribution in [2.45, 2.75) is 64.1 Å². The molecule has 0 aromatic carbocycles. The van der Waals surface area contributed by atoms with Crippen LogP contribution in [0.5, 0.6) is 0 Å². The first-order valence-corrected chi connectivity index (χ1v) is 7.00. The van der Waals surface area contributed by atoms with Crippen LogP contribution in [0, 0.1) is 0 Å². The predicted molar refractivity (Wildman–Crippen MR) is 72.6 cm³/mol. The Labute approximate surface area is 109 Å². The molecule has 2 N–H and O–H groups in total. The highest BCUT2D eigenvalue weighted by atomic mass is 16.3. The molecule has 4 nitrogen and oxygen atoms in total. The van der Waals surface area contributed by atoms with Crippen molar-refractivity contribution in [3.8, 4) is 0 Å². The summed E-state index contributed by atoms with van der Waals surface area (Å²) >= 11 is 0. The van der Waals surface area contributed by atoms with E-state index in [2.05, 4.69) is 24.3 Å². The second kappa shape index (κ2) is 5.41. The number of hydrogen-bond donors (Lipinski definition) is 2. The van der Waals surface area contributed by atoms with Gasteiger partial charge in [0.1, 0.15) is 0 Å². The molecule has 0 aliphatic heterocycles. The molecule has 1 aliphatic rings. The molecule has 1 fully saturated rings. The molecule has 1 heterocycles. The Balaban J connectivity index is 1.88. The van der Waals surface area contributed by atoms with Crippen LogP contribution >= 0.6 is 0 Å². The zero-order chi connectivity index (χ0) is 13.2. The van der Waals surface area contributed by atoms with Crippen molar-refractivity contribution in [2.75, 3.05) is 6.54 Å². The maximum Gasteiger partial charge on any atom is 0.0799 e. The van der Waals surface area contributed by atoms with Gasteiger partial charge < -0.3 is 10.4 Å². The van der Waals surface area contributed by atoms with Crippen LogP contribution in [0.2, 0.25) is 0 Å². The molecule has 0 saturated heterocycles. The smallest absolute Gasteiger partial charge is 0.0799 e. The Morgan fingerprint density at radius 3 is 2.94 bits per heavy atom. The van der Waals surface area contributed by atoms with Crippen LogP contribution in [0.25, 0.3) is 0 Å². The van der Waals surface area contributed by atoms with Gasteiger partial charge in [0, 0.05) is 31.2 Å². The third kappa shape index (κ3) is 3.82. The second-order valence-corrected chi connectivity index (χ2v) is 5.87. The zero-order valence-corrected chi connectivity index (χ0v) is 11.7. The van der Waals surface area contributed by atoms with Crippen LogP contribution in [0.4, 0.5) is 0 Å². The van der Waals surface area contributed by atoms with E-state index < -0.39 is 5.60 Å². The average molecular weight is 251 g/mol. The summed E-state index contributed by atoms with van der Waals surface area (Å²) < 4.78 is 1.99. The molecule has 4 heteroatoms. The zero-order valence-electron chi connectivity index (χ0n) is 11.7. The van der Waals surface area contributed by atoms with E-state index in [0.29, 0.717) is 25.0 Å². The van der Waals surface area contributed by atoms with E-state index in [1.165, 1.54) is 12.8 Å². The number of aliphatic hydroxyl groups is 1. The van der Waals surface area contributed by atoms with Gasteiger partial charge in [0.25, 0.3) is 0 Å². The standard InChI is InChI=1S/C14H25N3O/c1-4-11(2)17-8-7-13(16-17)9-14(3,18)10-15-12-5-6-12/h7-8,11-12,15,18H,4-6,9-10H2,1-3H3. The summed E-state index contributed by atoms with van der Waals surface area (Å²) in [5.74, 6) is 0. The molecule has 2 unspecified atom stereocenters. The number of nitrogens with one attached hydrogen (secondary N) is 1. The molecule has 0 spiro atoms. The fourth-order valence-corrected chi connectivity index (χ4v) is 2.01. The average Bonchev–Trinajstić information content (AvgIpc) is 3.05. The molecule has 102 valence electrons. The van der Waals surface area contributed by atoms with Crippen molar-refractivity contribution in [2.24, 2.45) is 0 Å². The van der Waals surface area contributed by atoms with Crippen LogP contribution in [0.15, 0.2) is 12.3 Å². The molecule has 1 saturated carbocycles. The van der Waals surface area contributed by atoms with Crippen molar-refractivity contribution in [1.82, 2.24) is 15.1 Å². The largest absolute Gasteiger partial charge is 0.388 e. The van der Waals surface area contributed by atoms with Gasteiger partial charge in [-0.05, 0) is 39.2 Å². The van der Waals surface area contributed by atoms with Gasteiger partial charge in [-0.3, -0.25) is 4.68 Å². The van der Waals surface area contributed by atoms with Gasteiger partial charge in [-0.2, -0.15) is 5.10 Å². The number of hydrogen-bond acceptors (Lipinski definition) is 3. The molecule has 0 bridgehead atoms. The highest BCUT2D eigenvalue weighted by Crippen LogP contribution is 2.20. The number of aromatic nitrogens is 2. The van der Waals surface area contributed by atoms with E-state index in [9.17, 15) is 5.11 Å². The van der Waals surface area contributed by atoms with E-state index in [1.54, 1.807) is 0 Å². The highest BCUT2D eigenvalue weighted by Gasteiger charge is 2.27. The molecular formula is C14H25N3O. The lowest BCUT2D eigenvalue weighted by Crippen LogP contribution is -2.40. The van der Waals surface area contributed by atoms with E-state index in [1.807, 2.05) is 23.9 Å². The third-order valence-electron chi connectivity index (χ3n) is 3.62. The summed E-state index contributed by atoms with van der Waals surface area (Å²) in [6, 6.07) is 3.07. The van der Waals surface area contributed by atoms with Crippen molar-refractivity contribution >= 4 is 0 Å². The molecule has 0 amide bonds. The Hall–Kier alpha value is -0.870. The number of rotatable bonds is 7. The van der Waals surface area contributed by atoms with Gasteiger partial charge in [-0.1, -0.05) is 6.92 Å². The fraction of sp³-hybridized carbons (Fsp3) is 0.786. The molecule has 2 rings (SSSR count). The molecule has 1 aromatic heterocycles. The SMILES string of the molecule is CCC(C)n1ccc(CC(C)(O)CNC2CC2)n1. The van der Waals surface area contributed by atoms with Gasteiger partial charge in [0.15, 0.2) is 0 Å². The van der Waals surface area contributed by atoms with Gasteiger partial charge in [-0.15, -0.1) is 0 Å². The predicted octanol–water partition coefficient (Wildman–Crippen LogP) is 1.90. The minimum atomic E-state index is -0.711. The fourth-order valence-electron chi connectivity index (χ4n) is 2.01. The van der Waals surface area contributed by atoms with Gasteiger partial charge in [0.05, 0.1) is 11.3 Å². The normalized spacial score (nSPS) is 20.7. The van der Waals surface area contributed by atoms with E-state index in [0.717, 1.165) is 12.1 Å². The van der Waals surface area contributed by atoms with Crippen LogP contribution < -0.4 is 5.32 Å². The van der Waals surface area contributed by atoms with Crippen LogP contribution in [0.1, 0.15) is 51.8 Å². The molecular weight excluding hydrogens is 226 g/mol. The summed E-state index contributed by atoms with van der Waals surface area (Å²) in [5, 5.41) is 18.2. The Morgan fingerprint density at radius 1 is 1.61 bits per heavy atom. The van der Waals surface area contributed by atoms with E-state index >= 15 is 0 Å². The molecule has 1 aromatic rings. The minimum absolute atomic E-state index is 0.424. The highest BCUT2D eigenvalue weighted by molar-refractivity contribution is 5.04. The summed E-state index contributed by atoms with van der Waals surface area (Å²) in [7, 11) is 0. The van der Waals surface area contributed by atoms with Crippen molar-refractivity contribution in [1.29, 1.82) is 0 Å². The lowest BCUT2D eigenvalue weighted by atomic mass is 10.0. The minimum Gasteiger partial charge on any atom is -0.388 e. The summed E-state index contributed by atoms with van der Waals surface area (Å²) in [6.07, 6.45) is 6.18. The van der Waals surface area contributed by atoms with Crippen LogP contribution in [-0.4, -0.2) is 33.1 Å². The summed E-state index contributed by atoms with van der Waals surface area (Å²) in [4.78, 5) is 0. The Kier molecular flexibility index (Phi) is 4.07. The first-order valence-electron chi connectivity index (χ1n) is 7.00. The first-order chi connectivity index (χ1) is 8.50. The van der Waals surface area contributed by atoms with Crippen molar-refractivity contribution < 1.29 is 5.11 Å². The molecule has 2 atom stereocenters. The lowest BCUT2D eigenvalue weighted by molar-refractivity contribution is 0.0586. The Morgan fingerprint density at radius 2 is 2.33 bits per heavy atom. The number of nitrogens with zero attached hydrogens (tertiary/aromatic N) is 2. The monoisotopic (exact) mass is 251 g/mol. The van der Waals surface area contributed by atoms with Gasteiger partial charge in [0.2, 0.25) is 0 Å². The molecule has 0 radical (unpaired) electrons. The van der Waals surface area contributed by atoms with Crippen molar-refractivity contribution in [3.05, 3.63) is 18.0 Å².